The van der Waals surface area contributed by atoms with Gasteiger partial charge in [-0.2, -0.15) is 0 Å². The minimum Gasteiger partial charge on any atom is -0.456 e. The van der Waals surface area contributed by atoms with Gasteiger partial charge in [0.05, 0.1) is 6.57 Å². The summed E-state index contributed by atoms with van der Waals surface area (Å²) in [4.78, 5) is 33.7. The maximum absolute atomic E-state index is 7.63. The second kappa shape index (κ2) is 14.3. The van der Waals surface area contributed by atoms with E-state index < -0.39 is 0 Å². The summed E-state index contributed by atoms with van der Waals surface area (Å²) in [5.41, 5.74) is 8.98. The van der Waals surface area contributed by atoms with E-state index >= 15 is 0 Å². The Morgan fingerprint density at radius 2 is 0.789 bits per heavy atom. The zero-order valence-corrected chi connectivity index (χ0v) is 30.3. The molecule has 10 rings (SSSR count). The lowest BCUT2D eigenvalue weighted by molar-refractivity contribution is 0.669. The zero-order chi connectivity index (χ0) is 38.1. The van der Waals surface area contributed by atoms with Crippen LogP contribution in [-0.2, 0) is 0 Å². The largest absolute Gasteiger partial charge is 0.456 e. The maximum atomic E-state index is 7.63. The molecule has 0 saturated carbocycles. The average Bonchev–Trinajstić information content (AvgIpc) is 3.68. The summed E-state index contributed by atoms with van der Waals surface area (Å²) in [6.45, 7) is 7.63. The first-order valence-corrected chi connectivity index (χ1v) is 18.4. The van der Waals surface area contributed by atoms with Crippen LogP contribution in [0.25, 0.3) is 106 Å². The van der Waals surface area contributed by atoms with Gasteiger partial charge in [-0.1, -0.05) is 152 Å². The Hall–Kier alpha value is -8.15. The van der Waals surface area contributed by atoms with Crippen molar-refractivity contribution in [3.63, 3.8) is 0 Å². The van der Waals surface area contributed by atoms with E-state index in [1.54, 1.807) is 0 Å². The SMILES string of the molecule is [C-]#[N+]c1ccccc1-c1ccc(-c2nc(-c3ccccc3)nc(-c3ccc4oc5cccc(-c6nc(-c7ccccc7)nc(-c7ccccc7)n6)c5c4c3)n2)cc1. The summed E-state index contributed by atoms with van der Waals surface area (Å²) in [5, 5.41) is 1.76. The second-order valence-electron chi connectivity index (χ2n) is 13.4. The van der Waals surface area contributed by atoms with Crippen LogP contribution in [0.5, 0.6) is 0 Å². The highest BCUT2D eigenvalue weighted by molar-refractivity contribution is 6.12. The first-order valence-electron chi connectivity index (χ1n) is 18.4. The third-order valence-electron chi connectivity index (χ3n) is 9.84. The number of para-hydroxylation sites is 1. The molecule has 0 amide bonds. The summed E-state index contributed by atoms with van der Waals surface area (Å²) < 4.78 is 6.44. The lowest BCUT2D eigenvalue weighted by atomic mass is 10.0. The monoisotopic (exact) mass is 731 g/mol. The Bertz CT molecular complexity index is 3060. The van der Waals surface area contributed by atoms with Crippen LogP contribution in [0, 0.1) is 6.57 Å². The molecule has 0 saturated heterocycles. The Kier molecular flexibility index (Phi) is 8.36. The van der Waals surface area contributed by atoms with Gasteiger partial charge >= 0.3 is 0 Å². The fraction of sp³-hybridized carbons (Fsp3) is 0. The van der Waals surface area contributed by atoms with Gasteiger partial charge in [-0.05, 0) is 35.4 Å². The Balaban J connectivity index is 1.13. The lowest BCUT2D eigenvalue weighted by Gasteiger charge is -2.10. The molecule has 0 atom stereocenters. The van der Waals surface area contributed by atoms with Gasteiger partial charge in [0.1, 0.15) is 11.2 Å². The highest BCUT2D eigenvalue weighted by atomic mass is 16.3. The molecule has 3 aromatic heterocycles. The number of hydrogen-bond donors (Lipinski definition) is 0. The quantitative estimate of drug-likeness (QED) is 0.151. The van der Waals surface area contributed by atoms with Crippen molar-refractivity contribution in [3.8, 4) is 79.5 Å². The highest BCUT2D eigenvalue weighted by Gasteiger charge is 2.20. The number of fused-ring (bicyclic) bond motifs is 3. The van der Waals surface area contributed by atoms with E-state index in [1.165, 1.54) is 0 Å². The molecule has 7 aromatic carbocycles. The van der Waals surface area contributed by atoms with Gasteiger partial charge in [-0.25, -0.2) is 34.7 Å². The molecule has 0 aliphatic carbocycles. The first-order chi connectivity index (χ1) is 28.2. The summed E-state index contributed by atoms with van der Waals surface area (Å²) in [6, 6.07) is 57.4. The van der Waals surface area contributed by atoms with Crippen molar-refractivity contribution >= 4 is 27.6 Å². The van der Waals surface area contributed by atoms with Crippen LogP contribution in [-0.4, -0.2) is 29.9 Å². The predicted octanol–water partition coefficient (Wildman–Crippen LogP) is 12.2. The molecular weight excluding hydrogens is 703 g/mol. The van der Waals surface area contributed by atoms with Crippen LogP contribution in [0.2, 0.25) is 0 Å². The third-order valence-corrected chi connectivity index (χ3v) is 9.84. The van der Waals surface area contributed by atoms with E-state index in [9.17, 15) is 0 Å². The molecular formula is C49H29N7O. The fourth-order valence-electron chi connectivity index (χ4n) is 7.05. The van der Waals surface area contributed by atoms with Crippen LogP contribution < -0.4 is 0 Å². The van der Waals surface area contributed by atoms with Gasteiger partial charge in [0.2, 0.25) is 0 Å². The van der Waals surface area contributed by atoms with E-state index in [4.69, 9.17) is 40.9 Å². The molecule has 3 heterocycles. The van der Waals surface area contributed by atoms with Crippen molar-refractivity contribution in [2.24, 2.45) is 0 Å². The normalized spacial score (nSPS) is 11.1. The minimum atomic E-state index is 0.521. The van der Waals surface area contributed by atoms with Gasteiger partial charge < -0.3 is 4.42 Å². The third kappa shape index (κ3) is 6.35. The van der Waals surface area contributed by atoms with Crippen molar-refractivity contribution < 1.29 is 4.42 Å². The van der Waals surface area contributed by atoms with E-state index in [2.05, 4.69) is 10.9 Å². The maximum Gasteiger partial charge on any atom is 0.194 e. The van der Waals surface area contributed by atoms with Gasteiger partial charge in [-0.3, -0.25) is 0 Å². The molecule has 0 aliphatic heterocycles. The molecule has 0 unspecified atom stereocenters. The predicted molar refractivity (Wildman–Crippen MR) is 225 cm³/mol. The number of aromatic nitrogens is 6. The number of nitrogens with zero attached hydrogens (tertiary/aromatic N) is 7. The van der Waals surface area contributed by atoms with Crippen LogP contribution in [0.1, 0.15) is 0 Å². The number of rotatable bonds is 7. The standard InChI is InChI=1S/C49H29N7O/c1-50-40-22-12-11-20-37(40)31-24-26-35(27-25-31)47-51-44(32-14-5-2-6-15-32)53-48(54-47)36-28-29-41-39(30-36)43-38(21-13-23-42(43)57-41)49-55-45(33-16-7-3-8-17-33)52-46(56-49)34-18-9-4-10-19-34/h2-30H. The minimum absolute atomic E-state index is 0.521. The zero-order valence-electron chi connectivity index (χ0n) is 30.3. The van der Waals surface area contributed by atoms with Crippen LogP contribution in [0.4, 0.5) is 5.69 Å². The number of benzene rings is 7. The highest BCUT2D eigenvalue weighted by Crippen LogP contribution is 2.39. The van der Waals surface area contributed by atoms with E-state index in [0.717, 1.165) is 60.9 Å². The Morgan fingerprint density at radius 1 is 0.351 bits per heavy atom. The molecule has 10 aromatic rings. The number of hydrogen-bond acceptors (Lipinski definition) is 7. The van der Waals surface area contributed by atoms with Crippen molar-refractivity contribution in [2.45, 2.75) is 0 Å². The molecule has 0 spiro atoms. The van der Waals surface area contributed by atoms with Gasteiger partial charge in [0, 0.05) is 44.2 Å². The molecule has 57 heavy (non-hydrogen) atoms. The molecule has 0 fully saturated rings. The van der Waals surface area contributed by atoms with E-state index in [-0.39, 0.29) is 0 Å². The second-order valence-corrected chi connectivity index (χ2v) is 13.4. The van der Waals surface area contributed by atoms with E-state index in [1.807, 2.05) is 170 Å². The fourth-order valence-corrected chi connectivity index (χ4v) is 7.05. The van der Waals surface area contributed by atoms with Crippen molar-refractivity contribution in [3.05, 3.63) is 187 Å². The van der Waals surface area contributed by atoms with Gasteiger partial charge in [-0.15, -0.1) is 0 Å². The lowest BCUT2D eigenvalue weighted by Crippen LogP contribution is -2.00. The summed E-state index contributed by atoms with van der Waals surface area (Å²) in [6.07, 6.45) is 0. The smallest absolute Gasteiger partial charge is 0.194 e. The molecule has 8 nitrogen and oxygen atoms in total. The van der Waals surface area contributed by atoms with Crippen molar-refractivity contribution in [1.29, 1.82) is 0 Å². The van der Waals surface area contributed by atoms with Crippen LogP contribution >= 0.6 is 0 Å². The topological polar surface area (TPSA) is 94.8 Å². The molecule has 8 heteroatoms. The Morgan fingerprint density at radius 3 is 1.35 bits per heavy atom. The summed E-state index contributed by atoms with van der Waals surface area (Å²) >= 11 is 0. The number of furan rings is 1. The van der Waals surface area contributed by atoms with Crippen molar-refractivity contribution in [1.82, 2.24) is 29.9 Å². The van der Waals surface area contributed by atoms with Crippen LogP contribution in [0.15, 0.2) is 180 Å². The Labute approximate surface area is 327 Å². The first kappa shape index (κ1) is 33.4. The summed E-state index contributed by atoms with van der Waals surface area (Å²) in [7, 11) is 0. The molecule has 0 bridgehead atoms. The van der Waals surface area contributed by atoms with Gasteiger partial charge in [0.25, 0.3) is 0 Å². The van der Waals surface area contributed by atoms with Gasteiger partial charge in [0.15, 0.2) is 40.6 Å². The average molecular weight is 732 g/mol. The molecule has 0 radical (unpaired) electrons. The van der Waals surface area contributed by atoms with Crippen molar-refractivity contribution in [2.75, 3.05) is 0 Å². The molecule has 0 N–H and O–H groups in total. The van der Waals surface area contributed by atoms with E-state index in [0.29, 0.717) is 46.2 Å². The molecule has 266 valence electrons. The van der Waals surface area contributed by atoms with Crippen LogP contribution in [0.3, 0.4) is 0 Å². The molecule has 0 aliphatic rings. The summed E-state index contributed by atoms with van der Waals surface area (Å²) in [5.74, 6) is 3.32.